The van der Waals surface area contributed by atoms with Crippen molar-refractivity contribution in [2.75, 3.05) is 6.54 Å². The van der Waals surface area contributed by atoms with Crippen LogP contribution < -0.4 is 11.1 Å². The molecule has 1 heterocycles. The lowest BCUT2D eigenvalue weighted by molar-refractivity contribution is -0.142. The van der Waals surface area contributed by atoms with Gasteiger partial charge in [0.1, 0.15) is 6.04 Å². The van der Waals surface area contributed by atoms with E-state index in [2.05, 4.69) is 10.3 Å². The molecule has 0 fully saturated rings. The first-order valence-corrected chi connectivity index (χ1v) is 6.81. The average Bonchev–Trinajstić information content (AvgIpc) is 2.88. The molecule has 0 aliphatic rings. The van der Waals surface area contributed by atoms with E-state index >= 15 is 0 Å². The van der Waals surface area contributed by atoms with Gasteiger partial charge in [0.2, 0.25) is 5.91 Å². The van der Waals surface area contributed by atoms with Crippen molar-refractivity contribution in [3.63, 3.8) is 0 Å². The molecule has 1 aromatic carbocycles. The molecule has 5 N–H and O–H groups in total. The maximum atomic E-state index is 11.8. The Labute approximate surface area is 122 Å². The number of hydrogen-bond acceptors (Lipinski definition) is 3. The Bertz CT molecular complexity index is 650. The third kappa shape index (κ3) is 3.41. The third-order valence-corrected chi connectivity index (χ3v) is 3.51. The van der Waals surface area contributed by atoms with Crippen LogP contribution in [0.3, 0.4) is 0 Å². The van der Waals surface area contributed by atoms with Gasteiger partial charge in [-0.25, -0.2) is 4.79 Å². The third-order valence-electron chi connectivity index (χ3n) is 3.51. The molecule has 6 heteroatoms. The van der Waals surface area contributed by atoms with Crippen LogP contribution in [0.5, 0.6) is 0 Å². The van der Waals surface area contributed by atoms with E-state index in [9.17, 15) is 14.7 Å². The molecule has 1 aromatic heterocycles. The highest BCUT2D eigenvalue weighted by Crippen LogP contribution is 2.19. The first-order chi connectivity index (χ1) is 10.0. The number of carboxylic acids is 1. The number of carbonyl (C=O) groups excluding carboxylic acids is 1. The minimum absolute atomic E-state index is 0.186. The number of rotatable bonds is 6. The normalized spacial score (nSPS) is 13.8. The summed E-state index contributed by atoms with van der Waals surface area (Å²) < 4.78 is 0. The van der Waals surface area contributed by atoms with E-state index in [4.69, 9.17) is 5.73 Å². The summed E-state index contributed by atoms with van der Waals surface area (Å²) in [7, 11) is 0. The van der Waals surface area contributed by atoms with Crippen molar-refractivity contribution < 1.29 is 14.7 Å². The number of para-hydroxylation sites is 1. The number of carboxylic acid groups (broad SMARTS) is 1. The maximum Gasteiger partial charge on any atom is 0.326 e. The van der Waals surface area contributed by atoms with Crippen LogP contribution in [0, 0.1) is 5.92 Å². The smallest absolute Gasteiger partial charge is 0.326 e. The van der Waals surface area contributed by atoms with Gasteiger partial charge in [0.25, 0.3) is 0 Å². The minimum atomic E-state index is -1.06. The van der Waals surface area contributed by atoms with E-state index < -0.39 is 17.9 Å². The Balaban J connectivity index is 2.17. The lowest BCUT2D eigenvalue weighted by Gasteiger charge is -2.16. The van der Waals surface area contributed by atoms with Gasteiger partial charge in [-0.05, 0) is 11.6 Å². The van der Waals surface area contributed by atoms with Gasteiger partial charge in [0.05, 0.1) is 0 Å². The number of hydrogen-bond donors (Lipinski definition) is 4. The molecule has 1 amide bonds. The first-order valence-electron chi connectivity index (χ1n) is 6.81. The molecule has 0 spiro atoms. The largest absolute Gasteiger partial charge is 0.480 e. The second-order valence-electron chi connectivity index (χ2n) is 5.10. The topological polar surface area (TPSA) is 108 Å². The van der Waals surface area contributed by atoms with Crippen molar-refractivity contribution in [1.29, 1.82) is 0 Å². The Hall–Kier alpha value is -2.34. The van der Waals surface area contributed by atoms with Crippen molar-refractivity contribution in [3.05, 3.63) is 36.0 Å². The van der Waals surface area contributed by atoms with Crippen molar-refractivity contribution in [2.45, 2.75) is 19.4 Å². The second kappa shape index (κ2) is 6.41. The molecule has 2 rings (SSSR count). The summed E-state index contributed by atoms with van der Waals surface area (Å²) in [5, 5.41) is 12.8. The molecule has 21 heavy (non-hydrogen) atoms. The number of aromatic amines is 1. The predicted molar refractivity (Wildman–Crippen MR) is 79.8 cm³/mol. The molecule has 0 saturated carbocycles. The van der Waals surface area contributed by atoms with E-state index in [-0.39, 0.29) is 18.9 Å². The molecule has 112 valence electrons. The van der Waals surface area contributed by atoms with E-state index in [1.165, 1.54) is 0 Å². The molecule has 0 aliphatic carbocycles. The Kier molecular flexibility index (Phi) is 4.59. The van der Waals surface area contributed by atoms with Crippen LogP contribution in [0.25, 0.3) is 10.9 Å². The predicted octanol–water partition coefficient (Wildman–Crippen LogP) is 0.875. The van der Waals surface area contributed by atoms with Gasteiger partial charge in [0, 0.05) is 36.0 Å². The zero-order valence-electron chi connectivity index (χ0n) is 11.8. The summed E-state index contributed by atoms with van der Waals surface area (Å²) in [6, 6.07) is 6.67. The Morgan fingerprint density at radius 2 is 2.10 bits per heavy atom. The standard InChI is InChI=1S/C15H19N3O3/c1-9(7-16)14(19)18-13(15(20)21)6-10-8-17-12-5-3-2-4-11(10)12/h2-5,8-9,13,17H,6-7,16H2,1H3,(H,18,19)(H,20,21)/t9?,13-/m1/s1. The summed E-state index contributed by atoms with van der Waals surface area (Å²) in [5.41, 5.74) is 7.22. The fourth-order valence-electron chi connectivity index (χ4n) is 2.14. The number of nitrogens with two attached hydrogens (primary N) is 1. The van der Waals surface area contributed by atoms with Gasteiger partial charge in [-0.2, -0.15) is 0 Å². The number of aromatic nitrogens is 1. The monoisotopic (exact) mass is 289 g/mol. The average molecular weight is 289 g/mol. The molecular weight excluding hydrogens is 270 g/mol. The maximum absolute atomic E-state index is 11.8. The highest BCUT2D eigenvalue weighted by atomic mass is 16.4. The van der Waals surface area contributed by atoms with E-state index in [0.717, 1.165) is 16.5 Å². The lowest BCUT2D eigenvalue weighted by atomic mass is 10.0. The van der Waals surface area contributed by atoms with Gasteiger partial charge in [-0.15, -0.1) is 0 Å². The van der Waals surface area contributed by atoms with Crippen LogP contribution in [0.2, 0.25) is 0 Å². The summed E-state index contributed by atoms with van der Waals surface area (Å²) in [6.07, 6.45) is 2.00. The summed E-state index contributed by atoms with van der Waals surface area (Å²) in [5.74, 6) is -1.81. The van der Waals surface area contributed by atoms with Gasteiger partial charge >= 0.3 is 5.97 Å². The number of H-pyrrole nitrogens is 1. The highest BCUT2D eigenvalue weighted by molar-refractivity contribution is 5.87. The van der Waals surface area contributed by atoms with Crippen LogP contribution in [-0.4, -0.2) is 34.6 Å². The summed E-state index contributed by atoms with van der Waals surface area (Å²) >= 11 is 0. The fraction of sp³-hybridized carbons (Fsp3) is 0.333. The number of aliphatic carboxylic acids is 1. The molecule has 1 unspecified atom stereocenters. The van der Waals surface area contributed by atoms with Gasteiger partial charge in [-0.3, -0.25) is 4.79 Å². The van der Waals surface area contributed by atoms with Gasteiger partial charge in [0.15, 0.2) is 0 Å². The molecular formula is C15H19N3O3. The number of benzene rings is 1. The van der Waals surface area contributed by atoms with Crippen LogP contribution in [0.4, 0.5) is 0 Å². The summed E-state index contributed by atoms with van der Waals surface area (Å²) in [6.45, 7) is 1.85. The summed E-state index contributed by atoms with van der Waals surface area (Å²) in [4.78, 5) is 26.3. The number of nitrogens with one attached hydrogen (secondary N) is 2. The Morgan fingerprint density at radius 1 is 1.38 bits per heavy atom. The van der Waals surface area contributed by atoms with Crippen LogP contribution in [0.1, 0.15) is 12.5 Å². The van der Waals surface area contributed by atoms with E-state index in [1.54, 1.807) is 13.1 Å². The van der Waals surface area contributed by atoms with E-state index in [1.807, 2.05) is 24.3 Å². The zero-order valence-corrected chi connectivity index (χ0v) is 11.8. The number of fused-ring (bicyclic) bond motifs is 1. The molecule has 2 atom stereocenters. The fourth-order valence-corrected chi connectivity index (χ4v) is 2.14. The minimum Gasteiger partial charge on any atom is -0.480 e. The zero-order chi connectivity index (χ0) is 15.4. The van der Waals surface area contributed by atoms with E-state index in [0.29, 0.717) is 0 Å². The van der Waals surface area contributed by atoms with Crippen LogP contribution in [0.15, 0.2) is 30.5 Å². The van der Waals surface area contributed by atoms with Crippen LogP contribution >= 0.6 is 0 Å². The highest BCUT2D eigenvalue weighted by Gasteiger charge is 2.23. The van der Waals surface area contributed by atoms with Crippen molar-refractivity contribution in [3.8, 4) is 0 Å². The quantitative estimate of drug-likeness (QED) is 0.633. The van der Waals surface area contributed by atoms with Crippen molar-refractivity contribution >= 4 is 22.8 Å². The van der Waals surface area contributed by atoms with Gasteiger partial charge in [-0.1, -0.05) is 25.1 Å². The number of amides is 1. The number of carbonyl (C=O) groups is 2. The molecule has 0 bridgehead atoms. The Morgan fingerprint density at radius 3 is 2.76 bits per heavy atom. The SMILES string of the molecule is CC(CN)C(=O)N[C@H](Cc1c[nH]c2ccccc12)C(=O)O. The molecule has 0 saturated heterocycles. The molecule has 6 nitrogen and oxygen atoms in total. The lowest BCUT2D eigenvalue weighted by Crippen LogP contribution is -2.45. The van der Waals surface area contributed by atoms with Crippen molar-refractivity contribution in [2.24, 2.45) is 11.7 Å². The molecule has 2 aromatic rings. The first kappa shape index (κ1) is 15.1. The molecule has 0 radical (unpaired) electrons. The second-order valence-corrected chi connectivity index (χ2v) is 5.10. The van der Waals surface area contributed by atoms with Crippen molar-refractivity contribution in [1.82, 2.24) is 10.3 Å². The molecule has 0 aliphatic heterocycles. The van der Waals surface area contributed by atoms with Crippen LogP contribution in [-0.2, 0) is 16.0 Å². The van der Waals surface area contributed by atoms with Gasteiger partial charge < -0.3 is 21.1 Å².